The summed E-state index contributed by atoms with van der Waals surface area (Å²) in [5, 5.41) is 7.48. The van der Waals surface area contributed by atoms with Crippen LogP contribution in [-0.4, -0.2) is 23.1 Å². The SMILES string of the molecule is CC/C=C\N.CCCNc1ncc(F)c(-c2cc3cccc(C)c3s2)n1.CCNCc1ccccc1. The van der Waals surface area contributed by atoms with Gasteiger partial charge in [0.15, 0.2) is 5.82 Å². The van der Waals surface area contributed by atoms with Crippen LogP contribution in [0.2, 0.25) is 0 Å². The Bertz CT molecular complexity index is 1190. The molecule has 0 atom stereocenters. The van der Waals surface area contributed by atoms with E-state index in [-0.39, 0.29) is 5.82 Å². The molecular formula is C29H38FN5S. The molecule has 0 fully saturated rings. The number of nitrogens with one attached hydrogen (secondary N) is 2. The normalized spacial score (nSPS) is 10.5. The van der Waals surface area contributed by atoms with E-state index in [0.717, 1.165) is 42.7 Å². The molecule has 2 aromatic heterocycles. The standard InChI is InChI=1S/C16H16FN3S.C9H13N.C4H9N/c1-3-7-18-16-19-9-12(17)14(20-16)13-8-11-6-4-5-10(2)15(11)21-13;1-2-10-8-9-6-4-3-5-7-9;1-2-3-4-5/h4-6,8-9H,3,7H2,1-2H3,(H,18,19,20);3-7,10H,2,8H2,1H3;3-4H,2,5H2,1H3/b;;4-3-. The number of aryl methyl sites for hydroxylation is 1. The second-order valence-corrected chi connectivity index (χ2v) is 9.08. The van der Waals surface area contributed by atoms with E-state index < -0.39 is 0 Å². The molecule has 0 aliphatic carbocycles. The van der Waals surface area contributed by atoms with Gasteiger partial charge in [-0.15, -0.1) is 11.3 Å². The van der Waals surface area contributed by atoms with E-state index in [2.05, 4.69) is 71.7 Å². The Morgan fingerprint density at radius 2 is 1.83 bits per heavy atom. The smallest absolute Gasteiger partial charge is 0.223 e. The minimum atomic E-state index is -0.388. The van der Waals surface area contributed by atoms with E-state index in [1.165, 1.54) is 22.0 Å². The van der Waals surface area contributed by atoms with Crippen molar-refractivity contribution in [2.45, 2.75) is 47.1 Å². The quantitative estimate of drug-likeness (QED) is 0.233. The maximum atomic E-state index is 14.1. The molecule has 2 heterocycles. The highest BCUT2D eigenvalue weighted by Crippen LogP contribution is 2.35. The Labute approximate surface area is 218 Å². The monoisotopic (exact) mass is 507 g/mol. The molecule has 36 heavy (non-hydrogen) atoms. The molecule has 0 spiro atoms. The first-order chi connectivity index (χ1) is 17.5. The van der Waals surface area contributed by atoms with Gasteiger partial charge < -0.3 is 16.4 Å². The van der Waals surface area contributed by atoms with Crippen molar-refractivity contribution in [3.8, 4) is 10.6 Å². The number of rotatable bonds is 8. The first kappa shape index (κ1) is 28.9. The minimum Gasteiger partial charge on any atom is -0.405 e. The lowest BCUT2D eigenvalue weighted by molar-refractivity contribution is 0.619. The van der Waals surface area contributed by atoms with Crippen LogP contribution in [0.15, 0.2) is 73.1 Å². The topological polar surface area (TPSA) is 75.9 Å². The number of thiophene rings is 1. The molecule has 0 bridgehead atoms. The number of anilines is 1. The van der Waals surface area contributed by atoms with Gasteiger partial charge in [0.2, 0.25) is 5.95 Å². The summed E-state index contributed by atoms with van der Waals surface area (Å²) in [5.41, 5.74) is 7.87. The molecule has 4 rings (SSSR count). The number of hydrogen-bond acceptors (Lipinski definition) is 6. The molecule has 0 radical (unpaired) electrons. The average molecular weight is 508 g/mol. The predicted molar refractivity (Wildman–Crippen MR) is 154 cm³/mol. The Kier molecular flexibility index (Phi) is 13.2. The van der Waals surface area contributed by atoms with Crippen molar-refractivity contribution in [2.24, 2.45) is 5.73 Å². The van der Waals surface area contributed by atoms with Crippen LogP contribution in [0.1, 0.15) is 44.7 Å². The molecule has 0 amide bonds. The zero-order chi connectivity index (χ0) is 26.2. The van der Waals surface area contributed by atoms with E-state index in [1.54, 1.807) is 17.5 Å². The zero-order valence-corrected chi connectivity index (χ0v) is 22.5. The third-order valence-electron chi connectivity index (χ3n) is 5.05. The van der Waals surface area contributed by atoms with Crippen molar-refractivity contribution < 1.29 is 4.39 Å². The highest BCUT2D eigenvalue weighted by atomic mass is 32.1. The molecule has 5 nitrogen and oxygen atoms in total. The number of hydrogen-bond donors (Lipinski definition) is 3. The van der Waals surface area contributed by atoms with Crippen molar-refractivity contribution in [2.75, 3.05) is 18.4 Å². The van der Waals surface area contributed by atoms with E-state index in [0.29, 0.717) is 11.6 Å². The Hall–Kier alpha value is -3.29. The minimum absolute atomic E-state index is 0.365. The van der Waals surface area contributed by atoms with Crippen molar-refractivity contribution in [1.29, 1.82) is 0 Å². The highest BCUT2D eigenvalue weighted by Gasteiger charge is 2.13. The molecule has 2 aromatic carbocycles. The molecule has 4 N–H and O–H groups in total. The summed E-state index contributed by atoms with van der Waals surface area (Å²) in [6, 6.07) is 18.5. The van der Waals surface area contributed by atoms with Crippen molar-refractivity contribution in [3.63, 3.8) is 0 Å². The first-order valence-corrected chi connectivity index (χ1v) is 13.2. The lowest BCUT2D eigenvalue weighted by Crippen LogP contribution is -2.11. The van der Waals surface area contributed by atoms with E-state index in [9.17, 15) is 4.39 Å². The maximum Gasteiger partial charge on any atom is 0.223 e. The van der Waals surface area contributed by atoms with E-state index in [4.69, 9.17) is 5.73 Å². The third kappa shape index (κ3) is 9.40. The van der Waals surface area contributed by atoms with Gasteiger partial charge in [-0.2, -0.15) is 0 Å². The van der Waals surface area contributed by atoms with Gasteiger partial charge in [0.25, 0.3) is 0 Å². The molecule has 4 aromatic rings. The van der Waals surface area contributed by atoms with Gasteiger partial charge in [-0.3, -0.25) is 0 Å². The van der Waals surface area contributed by atoms with Crippen molar-refractivity contribution in [1.82, 2.24) is 15.3 Å². The van der Waals surface area contributed by atoms with Crippen LogP contribution in [0.3, 0.4) is 0 Å². The molecule has 7 heteroatoms. The van der Waals surface area contributed by atoms with Crippen molar-refractivity contribution in [3.05, 3.63) is 90.0 Å². The van der Waals surface area contributed by atoms with Crippen LogP contribution in [0.4, 0.5) is 10.3 Å². The molecule has 0 unspecified atom stereocenters. The molecule has 0 saturated carbocycles. The van der Waals surface area contributed by atoms with Crippen LogP contribution in [0.25, 0.3) is 20.7 Å². The van der Waals surface area contributed by atoms with Crippen LogP contribution >= 0.6 is 11.3 Å². The maximum absolute atomic E-state index is 14.1. The Balaban J connectivity index is 0.000000252. The fourth-order valence-corrected chi connectivity index (χ4v) is 4.31. The lowest BCUT2D eigenvalue weighted by atomic mass is 10.2. The van der Waals surface area contributed by atoms with Crippen molar-refractivity contribution >= 4 is 27.4 Å². The van der Waals surface area contributed by atoms with Gasteiger partial charge in [-0.05, 0) is 55.1 Å². The van der Waals surface area contributed by atoms with Gasteiger partial charge in [0.1, 0.15) is 5.69 Å². The number of nitrogens with zero attached hydrogens (tertiary/aromatic N) is 2. The summed E-state index contributed by atoms with van der Waals surface area (Å²) in [5.74, 6) is 0.0867. The second-order valence-electron chi connectivity index (χ2n) is 8.02. The molecule has 0 saturated heterocycles. The lowest BCUT2D eigenvalue weighted by Gasteiger charge is -2.05. The fraction of sp³-hybridized carbons (Fsp3) is 0.310. The largest absolute Gasteiger partial charge is 0.405 e. The van der Waals surface area contributed by atoms with Crippen LogP contribution in [0, 0.1) is 12.7 Å². The molecular weight excluding hydrogens is 469 g/mol. The summed E-state index contributed by atoms with van der Waals surface area (Å²) in [6.45, 7) is 11.1. The number of halogens is 1. The Morgan fingerprint density at radius 3 is 2.44 bits per heavy atom. The second kappa shape index (κ2) is 16.4. The fourth-order valence-electron chi connectivity index (χ4n) is 3.19. The number of allylic oxidation sites excluding steroid dienone is 1. The van der Waals surface area contributed by atoms with Crippen LogP contribution < -0.4 is 16.4 Å². The third-order valence-corrected chi connectivity index (χ3v) is 6.34. The average Bonchev–Trinajstić information content (AvgIpc) is 3.34. The summed E-state index contributed by atoms with van der Waals surface area (Å²) in [7, 11) is 0. The zero-order valence-electron chi connectivity index (χ0n) is 21.7. The van der Waals surface area contributed by atoms with E-state index in [1.807, 2.05) is 37.3 Å². The van der Waals surface area contributed by atoms with E-state index >= 15 is 0 Å². The summed E-state index contributed by atoms with van der Waals surface area (Å²) in [6.07, 6.45) is 6.70. The van der Waals surface area contributed by atoms with Gasteiger partial charge >= 0.3 is 0 Å². The van der Waals surface area contributed by atoms with Crippen LogP contribution in [0.5, 0.6) is 0 Å². The number of nitrogens with two attached hydrogens (primary N) is 1. The summed E-state index contributed by atoms with van der Waals surface area (Å²) in [4.78, 5) is 9.13. The molecule has 192 valence electrons. The number of benzene rings is 2. The number of fused-ring (bicyclic) bond motifs is 1. The molecule has 0 aliphatic heterocycles. The van der Waals surface area contributed by atoms with Gasteiger partial charge in [0, 0.05) is 17.8 Å². The highest BCUT2D eigenvalue weighted by molar-refractivity contribution is 7.22. The predicted octanol–water partition coefficient (Wildman–Crippen LogP) is 7.29. The van der Waals surface area contributed by atoms with Crippen LogP contribution in [-0.2, 0) is 6.54 Å². The number of aromatic nitrogens is 2. The molecule has 0 aliphatic rings. The van der Waals surface area contributed by atoms with Gasteiger partial charge in [-0.25, -0.2) is 14.4 Å². The summed E-state index contributed by atoms with van der Waals surface area (Å²) < 4.78 is 15.2. The van der Waals surface area contributed by atoms with Gasteiger partial charge in [-0.1, -0.05) is 75.4 Å². The van der Waals surface area contributed by atoms with Gasteiger partial charge in [0.05, 0.1) is 11.1 Å². The Morgan fingerprint density at radius 1 is 1.06 bits per heavy atom. The first-order valence-electron chi connectivity index (χ1n) is 12.4. The summed E-state index contributed by atoms with van der Waals surface area (Å²) >= 11 is 1.57.